The van der Waals surface area contributed by atoms with E-state index in [1.807, 2.05) is 26.0 Å². The van der Waals surface area contributed by atoms with Gasteiger partial charge in [-0.2, -0.15) is 13.2 Å². The second kappa shape index (κ2) is 11.2. The molecule has 4 aliphatic rings. The maximum Gasteiger partial charge on any atom is 0.416 e. The maximum atomic E-state index is 14.0. The number of ether oxygens (including phenoxy) is 2. The lowest BCUT2D eigenvalue weighted by atomic mass is 9.48. The van der Waals surface area contributed by atoms with Crippen molar-refractivity contribution in [3.8, 4) is 11.5 Å². The van der Waals surface area contributed by atoms with Gasteiger partial charge in [-0.05, 0) is 67.0 Å². The van der Waals surface area contributed by atoms with E-state index >= 15 is 0 Å². The average Bonchev–Trinajstić information content (AvgIpc) is 3.33. The lowest BCUT2D eigenvalue weighted by molar-refractivity contribution is -0.223. The molecule has 5 atom stereocenters. The number of hydrogen-bond donors (Lipinski definition) is 1. The van der Waals surface area contributed by atoms with E-state index in [0.717, 1.165) is 23.3 Å². The van der Waals surface area contributed by atoms with Crippen molar-refractivity contribution in [2.45, 2.75) is 81.8 Å². The molecule has 2 fully saturated rings. The zero-order chi connectivity index (χ0) is 32.3. The van der Waals surface area contributed by atoms with Crippen molar-refractivity contribution in [2.75, 3.05) is 19.6 Å². The van der Waals surface area contributed by atoms with Crippen LogP contribution < -0.4 is 4.74 Å². The molecule has 2 bridgehead atoms. The number of halogens is 3. The first-order chi connectivity index (χ1) is 21.3. The van der Waals surface area contributed by atoms with Crippen LogP contribution in [0.5, 0.6) is 11.5 Å². The van der Waals surface area contributed by atoms with Crippen LogP contribution in [-0.2, 0) is 32.3 Å². The molecule has 7 nitrogen and oxygen atoms in total. The average molecular weight is 625 g/mol. The van der Waals surface area contributed by atoms with Crippen LogP contribution in [0.25, 0.3) is 6.08 Å². The van der Waals surface area contributed by atoms with Crippen LogP contribution >= 0.6 is 0 Å². The van der Waals surface area contributed by atoms with E-state index in [-0.39, 0.29) is 29.6 Å². The number of piperidine rings is 1. The Kier molecular flexibility index (Phi) is 7.78. The third-order valence-electron chi connectivity index (χ3n) is 10.1. The SMILES string of the molecule is C=CCN1CC[C@]23c4c5ccc(O)c4OC2C(N(CC(C)C)C(=O)/C=C/c2ccc(C(F)(F)F)cc2)CC[C@@]3(OC(C)=O)[C@H]1C5. The van der Waals surface area contributed by atoms with E-state index in [0.29, 0.717) is 56.6 Å². The number of amides is 1. The van der Waals surface area contributed by atoms with Crippen LogP contribution in [-0.4, -0.2) is 70.2 Å². The fourth-order valence-electron chi connectivity index (χ4n) is 8.57. The van der Waals surface area contributed by atoms with Gasteiger partial charge in [-0.3, -0.25) is 14.5 Å². The number of likely N-dealkylation sites (tertiary alicyclic amines) is 1. The maximum absolute atomic E-state index is 14.0. The Morgan fingerprint density at radius 3 is 2.58 bits per heavy atom. The van der Waals surface area contributed by atoms with E-state index in [4.69, 9.17) is 9.47 Å². The fourth-order valence-corrected chi connectivity index (χ4v) is 8.57. The number of benzene rings is 2. The van der Waals surface area contributed by atoms with Gasteiger partial charge < -0.3 is 19.5 Å². The van der Waals surface area contributed by atoms with Gasteiger partial charge in [-0.25, -0.2) is 0 Å². The van der Waals surface area contributed by atoms with Gasteiger partial charge in [0.2, 0.25) is 5.91 Å². The monoisotopic (exact) mass is 624 g/mol. The summed E-state index contributed by atoms with van der Waals surface area (Å²) in [7, 11) is 0. The summed E-state index contributed by atoms with van der Waals surface area (Å²) >= 11 is 0. The summed E-state index contributed by atoms with van der Waals surface area (Å²) in [5.74, 6) is -0.154. The number of carbonyl (C=O) groups excluding carboxylic acids is 2. The van der Waals surface area contributed by atoms with E-state index in [1.165, 1.54) is 31.2 Å². The van der Waals surface area contributed by atoms with E-state index in [2.05, 4.69) is 11.5 Å². The van der Waals surface area contributed by atoms with Crippen molar-refractivity contribution >= 4 is 18.0 Å². The Morgan fingerprint density at radius 2 is 1.93 bits per heavy atom. The lowest BCUT2D eigenvalue weighted by Gasteiger charge is -2.65. The second-order valence-corrected chi connectivity index (χ2v) is 13.1. The first kappa shape index (κ1) is 31.2. The van der Waals surface area contributed by atoms with Crippen LogP contribution in [0.2, 0.25) is 0 Å². The van der Waals surface area contributed by atoms with Gasteiger partial charge in [0.1, 0.15) is 11.7 Å². The smallest absolute Gasteiger partial charge is 0.416 e. The number of carbonyl (C=O) groups is 2. The highest BCUT2D eigenvalue weighted by Gasteiger charge is 2.75. The molecule has 45 heavy (non-hydrogen) atoms. The molecule has 2 aromatic carbocycles. The predicted molar refractivity (Wildman–Crippen MR) is 163 cm³/mol. The molecule has 1 amide bonds. The minimum absolute atomic E-state index is 0.0175. The van der Waals surface area contributed by atoms with Crippen molar-refractivity contribution in [3.63, 3.8) is 0 Å². The number of esters is 1. The summed E-state index contributed by atoms with van der Waals surface area (Å²) < 4.78 is 52.4. The fraction of sp³-hybridized carbons (Fsp3) is 0.486. The van der Waals surface area contributed by atoms with E-state index < -0.39 is 34.9 Å². The highest BCUT2D eigenvalue weighted by molar-refractivity contribution is 5.92. The van der Waals surface area contributed by atoms with Gasteiger partial charge >= 0.3 is 12.1 Å². The molecule has 2 unspecified atom stereocenters. The molecule has 1 saturated carbocycles. The van der Waals surface area contributed by atoms with Gasteiger partial charge in [0, 0.05) is 38.2 Å². The Labute approximate surface area is 261 Å². The Hall–Kier alpha value is -3.79. The van der Waals surface area contributed by atoms with Crippen molar-refractivity contribution in [1.82, 2.24) is 9.80 Å². The third-order valence-corrected chi connectivity index (χ3v) is 10.1. The highest BCUT2D eigenvalue weighted by Crippen LogP contribution is 2.67. The van der Waals surface area contributed by atoms with Gasteiger partial charge in [0.15, 0.2) is 11.5 Å². The van der Waals surface area contributed by atoms with Gasteiger partial charge in [-0.15, -0.1) is 6.58 Å². The minimum Gasteiger partial charge on any atom is -0.504 e. The number of hydrogen-bond acceptors (Lipinski definition) is 6. The van der Waals surface area contributed by atoms with Crippen LogP contribution in [0.4, 0.5) is 13.2 Å². The van der Waals surface area contributed by atoms with Crippen molar-refractivity contribution in [1.29, 1.82) is 0 Å². The van der Waals surface area contributed by atoms with Crippen LogP contribution in [0.15, 0.2) is 55.1 Å². The molecule has 0 radical (unpaired) electrons. The molecule has 1 N–H and O–H groups in total. The molecule has 1 saturated heterocycles. The van der Waals surface area contributed by atoms with Crippen LogP contribution in [0, 0.1) is 5.92 Å². The summed E-state index contributed by atoms with van der Waals surface area (Å²) in [4.78, 5) is 30.9. The summed E-state index contributed by atoms with van der Waals surface area (Å²) in [6.45, 7) is 11.2. The van der Waals surface area contributed by atoms with Crippen molar-refractivity contribution in [2.24, 2.45) is 5.92 Å². The van der Waals surface area contributed by atoms with Crippen molar-refractivity contribution < 1.29 is 37.3 Å². The summed E-state index contributed by atoms with van der Waals surface area (Å²) in [6, 6.07) is 7.69. The normalized spacial score (nSPS) is 28.5. The molecule has 2 heterocycles. The van der Waals surface area contributed by atoms with Crippen molar-refractivity contribution in [3.05, 3.63) is 77.4 Å². The molecule has 10 heteroatoms. The molecule has 2 aliphatic carbocycles. The first-order valence-corrected chi connectivity index (χ1v) is 15.5. The standard InChI is InChI=1S/C35H39F3N2O5/c1-5-17-39-18-16-33-30-24-9-12-27(42)31(30)44-32(33)26(14-15-34(33,28(39)19-24)45-22(4)41)40(20-21(2)3)29(43)13-8-23-6-10-25(11-7-23)35(36,37)38/h5-13,21,26,28,32,42H,1,14-20H2,2-4H3/b13-8+/t26?,28-,32?,33+,34-/m1/s1. The summed E-state index contributed by atoms with van der Waals surface area (Å²) in [5.41, 5.74) is -0.0910. The number of aromatic hydroxyl groups is 1. The van der Waals surface area contributed by atoms with Gasteiger partial charge in [0.25, 0.3) is 0 Å². The molecule has 2 aromatic rings. The number of phenolic OH excluding ortho intramolecular Hbond substituents is 1. The quantitative estimate of drug-likeness (QED) is 0.224. The predicted octanol–water partition coefficient (Wildman–Crippen LogP) is 5.89. The van der Waals surface area contributed by atoms with E-state index in [9.17, 15) is 27.9 Å². The Bertz CT molecular complexity index is 1540. The third kappa shape index (κ3) is 4.92. The largest absolute Gasteiger partial charge is 0.504 e. The lowest BCUT2D eigenvalue weighted by Crippen LogP contribution is -2.79. The molecular formula is C35H39F3N2O5. The molecule has 2 aliphatic heterocycles. The second-order valence-electron chi connectivity index (χ2n) is 13.1. The highest BCUT2D eigenvalue weighted by atomic mass is 19.4. The number of alkyl halides is 3. The molecule has 240 valence electrons. The van der Waals surface area contributed by atoms with Gasteiger partial charge in [0.05, 0.1) is 23.1 Å². The van der Waals surface area contributed by atoms with Gasteiger partial charge in [-0.1, -0.05) is 38.1 Å². The van der Waals surface area contributed by atoms with E-state index in [1.54, 1.807) is 11.0 Å². The summed E-state index contributed by atoms with van der Waals surface area (Å²) in [5, 5.41) is 11.1. The molecule has 1 spiro atoms. The molecule has 6 rings (SSSR count). The summed E-state index contributed by atoms with van der Waals surface area (Å²) in [6.07, 6.45) is 1.96. The Morgan fingerprint density at radius 1 is 1.20 bits per heavy atom. The zero-order valence-electron chi connectivity index (χ0n) is 25.8. The number of nitrogens with zero attached hydrogens (tertiary/aromatic N) is 2. The van der Waals surface area contributed by atoms with Crippen LogP contribution in [0.3, 0.4) is 0 Å². The van der Waals surface area contributed by atoms with Crippen LogP contribution in [0.1, 0.15) is 62.3 Å². The Balaban J connectivity index is 1.42. The molecular weight excluding hydrogens is 585 g/mol. The number of phenols is 1. The minimum atomic E-state index is -4.44. The first-order valence-electron chi connectivity index (χ1n) is 15.5. The molecule has 0 aromatic heterocycles. The number of rotatable bonds is 8. The zero-order valence-corrected chi connectivity index (χ0v) is 25.8. The topological polar surface area (TPSA) is 79.3 Å².